The quantitative estimate of drug-likeness (QED) is 0.0245. The number of aliphatic hydroxyl groups is 1. The van der Waals surface area contributed by atoms with Crippen LogP contribution in [0.1, 0.15) is 219 Å². The normalized spacial score (nSPS) is 14.5. The highest BCUT2D eigenvalue weighted by atomic mass is 31.2. The van der Waals surface area contributed by atoms with Crippen molar-refractivity contribution in [1.82, 2.24) is 5.32 Å². The molecule has 0 fully saturated rings. The molecular formula is C47H94N2O6P+. The summed E-state index contributed by atoms with van der Waals surface area (Å²) in [5.41, 5.74) is 0. The molecule has 0 radical (unpaired) electrons. The molecule has 1 amide bonds. The van der Waals surface area contributed by atoms with E-state index in [1.54, 1.807) is 6.08 Å². The number of amides is 1. The maximum atomic E-state index is 12.9. The van der Waals surface area contributed by atoms with E-state index in [1.165, 1.54) is 161 Å². The van der Waals surface area contributed by atoms with Gasteiger partial charge in [-0.2, -0.15) is 0 Å². The second-order valence-electron chi connectivity index (χ2n) is 17.5. The number of carbonyl (C=O) groups is 1. The van der Waals surface area contributed by atoms with Crippen molar-refractivity contribution in [2.24, 2.45) is 0 Å². The van der Waals surface area contributed by atoms with Gasteiger partial charge in [-0.25, -0.2) is 4.57 Å². The summed E-state index contributed by atoms with van der Waals surface area (Å²) in [4.78, 5) is 23.1. The van der Waals surface area contributed by atoms with Gasteiger partial charge in [-0.3, -0.25) is 13.8 Å². The van der Waals surface area contributed by atoms with Crippen molar-refractivity contribution in [3.8, 4) is 0 Å². The Bertz CT molecular complexity index is 969. The number of aliphatic hydroxyl groups excluding tert-OH is 1. The third kappa shape index (κ3) is 41.2. The Morgan fingerprint density at radius 3 is 1.43 bits per heavy atom. The molecule has 0 heterocycles. The first kappa shape index (κ1) is 55.0. The minimum atomic E-state index is -4.34. The SMILES string of the molecule is CCCCCCCCCCCC/C=C/CC/C=C/C(O)C(COP(=O)(O)OCC[N+](C)(C)C)NC(=O)CCCCCCCCCCCCCCCCCCCC. The predicted octanol–water partition coefficient (Wildman–Crippen LogP) is 13.3. The lowest BCUT2D eigenvalue weighted by Gasteiger charge is -2.25. The van der Waals surface area contributed by atoms with Crippen molar-refractivity contribution >= 4 is 13.7 Å². The number of phosphoric acid groups is 1. The van der Waals surface area contributed by atoms with Crippen LogP contribution in [0.2, 0.25) is 0 Å². The van der Waals surface area contributed by atoms with Crippen LogP contribution in [0.3, 0.4) is 0 Å². The third-order valence-corrected chi connectivity index (χ3v) is 11.7. The smallest absolute Gasteiger partial charge is 0.387 e. The molecule has 0 aliphatic carbocycles. The van der Waals surface area contributed by atoms with Crippen molar-refractivity contribution in [3.05, 3.63) is 24.3 Å². The Hall–Kier alpha value is -1.02. The Morgan fingerprint density at radius 1 is 0.589 bits per heavy atom. The first-order valence-electron chi connectivity index (χ1n) is 23.7. The van der Waals surface area contributed by atoms with Crippen molar-refractivity contribution < 1.29 is 32.9 Å². The van der Waals surface area contributed by atoms with Crippen molar-refractivity contribution in [2.75, 3.05) is 40.9 Å². The molecule has 8 nitrogen and oxygen atoms in total. The minimum absolute atomic E-state index is 0.0584. The number of quaternary nitrogens is 1. The van der Waals surface area contributed by atoms with E-state index in [0.717, 1.165) is 38.5 Å². The van der Waals surface area contributed by atoms with E-state index in [4.69, 9.17) is 9.05 Å². The zero-order valence-electron chi connectivity index (χ0n) is 37.6. The lowest BCUT2D eigenvalue weighted by atomic mass is 10.0. The lowest BCUT2D eigenvalue weighted by molar-refractivity contribution is -0.870. The first-order valence-corrected chi connectivity index (χ1v) is 25.2. The fourth-order valence-corrected chi connectivity index (χ4v) is 7.62. The van der Waals surface area contributed by atoms with Gasteiger partial charge in [0.25, 0.3) is 0 Å². The molecule has 9 heteroatoms. The molecule has 0 rings (SSSR count). The van der Waals surface area contributed by atoms with Crippen LogP contribution in [0.25, 0.3) is 0 Å². The van der Waals surface area contributed by atoms with Crippen LogP contribution in [-0.2, 0) is 18.4 Å². The maximum Gasteiger partial charge on any atom is 0.472 e. The minimum Gasteiger partial charge on any atom is -0.387 e. The highest BCUT2D eigenvalue weighted by molar-refractivity contribution is 7.47. The Morgan fingerprint density at radius 2 is 0.982 bits per heavy atom. The van der Waals surface area contributed by atoms with E-state index in [-0.39, 0.29) is 19.1 Å². The van der Waals surface area contributed by atoms with Gasteiger partial charge in [-0.1, -0.05) is 205 Å². The number of unbranched alkanes of at least 4 members (excludes halogenated alkanes) is 28. The molecule has 3 N–H and O–H groups in total. The highest BCUT2D eigenvalue weighted by Crippen LogP contribution is 2.43. The number of likely N-dealkylation sites (N-methyl/N-ethyl adjacent to an activating group) is 1. The largest absolute Gasteiger partial charge is 0.472 e. The molecule has 0 spiro atoms. The number of phosphoric ester groups is 1. The van der Waals surface area contributed by atoms with E-state index in [2.05, 4.69) is 31.3 Å². The summed E-state index contributed by atoms with van der Waals surface area (Å²) >= 11 is 0. The summed E-state index contributed by atoms with van der Waals surface area (Å²) in [5.74, 6) is -0.184. The van der Waals surface area contributed by atoms with Gasteiger partial charge in [-0.15, -0.1) is 0 Å². The molecule has 0 aromatic rings. The van der Waals surface area contributed by atoms with E-state index in [1.807, 2.05) is 27.2 Å². The van der Waals surface area contributed by atoms with Crippen LogP contribution in [0.4, 0.5) is 0 Å². The molecule has 0 bridgehead atoms. The van der Waals surface area contributed by atoms with E-state index in [0.29, 0.717) is 17.4 Å². The summed E-state index contributed by atoms with van der Waals surface area (Å²) in [6, 6.07) is -0.858. The second-order valence-corrected chi connectivity index (χ2v) is 18.9. The molecule has 56 heavy (non-hydrogen) atoms. The molecule has 0 saturated heterocycles. The van der Waals surface area contributed by atoms with Gasteiger partial charge in [0.2, 0.25) is 5.91 Å². The molecule has 0 aliphatic rings. The van der Waals surface area contributed by atoms with Crippen LogP contribution >= 0.6 is 7.82 Å². The summed E-state index contributed by atoms with van der Waals surface area (Å²) in [6.07, 6.45) is 46.8. The van der Waals surface area contributed by atoms with Gasteiger partial charge in [0.05, 0.1) is 39.9 Å². The monoisotopic (exact) mass is 814 g/mol. The van der Waals surface area contributed by atoms with Crippen LogP contribution in [-0.4, -0.2) is 73.4 Å². The van der Waals surface area contributed by atoms with Crippen molar-refractivity contribution in [1.29, 1.82) is 0 Å². The predicted molar refractivity (Wildman–Crippen MR) is 240 cm³/mol. The average molecular weight is 814 g/mol. The molecule has 3 unspecified atom stereocenters. The molecule has 0 saturated carbocycles. The van der Waals surface area contributed by atoms with E-state index >= 15 is 0 Å². The van der Waals surface area contributed by atoms with Crippen LogP contribution in [0, 0.1) is 0 Å². The molecule has 0 aromatic carbocycles. The number of hydrogen-bond donors (Lipinski definition) is 3. The molecule has 332 valence electrons. The number of nitrogens with one attached hydrogen (secondary N) is 1. The molecule has 3 atom stereocenters. The number of carbonyl (C=O) groups excluding carboxylic acids is 1. The molecule has 0 aliphatic heterocycles. The van der Waals surface area contributed by atoms with Gasteiger partial charge >= 0.3 is 7.82 Å². The standard InChI is InChI=1S/C47H93N2O6P/c1-6-8-10-12-14-16-18-20-22-24-25-27-29-31-33-35-37-39-41-47(51)48-45(44-55-56(52,53)54-43-42-49(3,4)5)46(50)40-38-36-34-32-30-28-26-23-21-19-17-15-13-11-9-7-2/h30,32,38,40,45-46,50H,6-29,31,33-37,39,41-44H2,1-5H3,(H-,48,51,52,53)/p+1/b32-30+,40-38+. The topological polar surface area (TPSA) is 105 Å². The second kappa shape index (κ2) is 39.4. The zero-order valence-corrected chi connectivity index (χ0v) is 38.5. The van der Waals surface area contributed by atoms with Gasteiger partial charge in [0.1, 0.15) is 13.2 Å². The summed E-state index contributed by atoms with van der Waals surface area (Å²) in [6.45, 7) is 4.81. The fourth-order valence-electron chi connectivity index (χ4n) is 6.88. The van der Waals surface area contributed by atoms with Crippen molar-refractivity contribution in [3.63, 3.8) is 0 Å². The average Bonchev–Trinajstić information content (AvgIpc) is 3.15. The first-order chi connectivity index (χ1) is 27.0. The fraction of sp³-hybridized carbons (Fsp3) is 0.894. The Labute approximate surface area is 347 Å². The summed E-state index contributed by atoms with van der Waals surface area (Å²) in [7, 11) is 1.56. The van der Waals surface area contributed by atoms with E-state index < -0.39 is 20.0 Å². The number of nitrogens with zero attached hydrogens (tertiary/aromatic N) is 1. The number of hydrogen-bond acceptors (Lipinski definition) is 5. The van der Waals surface area contributed by atoms with Crippen molar-refractivity contribution in [2.45, 2.75) is 231 Å². The zero-order chi connectivity index (χ0) is 41.4. The Balaban J connectivity index is 4.39. The van der Waals surface area contributed by atoms with E-state index in [9.17, 15) is 19.4 Å². The highest BCUT2D eigenvalue weighted by Gasteiger charge is 2.27. The van der Waals surface area contributed by atoms with Gasteiger partial charge in [-0.05, 0) is 32.1 Å². The molecule has 0 aromatic heterocycles. The lowest BCUT2D eigenvalue weighted by Crippen LogP contribution is -2.45. The number of allylic oxidation sites excluding steroid dienone is 3. The maximum absolute atomic E-state index is 12.9. The third-order valence-electron chi connectivity index (χ3n) is 10.7. The van der Waals surface area contributed by atoms with Crippen LogP contribution in [0.15, 0.2) is 24.3 Å². The van der Waals surface area contributed by atoms with Crippen LogP contribution in [0.5, 0.6) is 0 Å². The summed E-state index contributed by atoms with van der Waals surface area (Å²) in [5, 5.41) is 13.8. The van der Waals surface area contributed by atoms with Gasteiger partial charge in [0.15, 0.2) is 0 Å². The Kier molecular flexibility index (Phi) is 38.7. The van der Waals surface area contributed by atoms with Crippen LogP contribution < -0.4 is 5.32 Å². The van der Waals surface area contributed by atoms with Gasteiger partial charge in [0, 0.05) is 6.42 Å². The van der Waals surface area contributed by atoms with Gasteiger partial charge < -0.3 is 19.8 Å². The number of rotatable bonds is 43. The summed E-state index contributed by atoms with van der Waals surface area (Å²) < 4.78 is 23.6. The molecular weight excluding hydrogens is 719 g/mol.